The predicted molar refractivity (Wildman–Crippen MR) is 217 cm³/mol. The number of hydrogen-bond donors (Lipinski definition) is 3. The van der Waals surface area contributed by atoms with Crippen LogP contribution in [0.1, 0.15) is 187 Å². The van der Waals surface area contributed by atoms with E-state index in [-0.39, 0.29) is 19.1 Å². The van der Waals surface area contributed by atoms with Crippen molar-refractivity contribution in [3.8, 4) is 0 Å². The van der Waals surface area contributed by atoms with Crippen LogP contribution in [0.25, 0.3) is 0 Å². The number of rotatable bonds is 38. The summed E-state index contributed by atoms with van der Waals surface area (Å²) in [5, 5.41) is 13.8. The Balaban J connectivity index is 4.47. The summed E-state index contributed by atoms with van der Waals surface area (Å²) < 4.78 is 23.5. The molecular weight excluding hydrogens is 659 g/mol. The number of unbranched alkanes of at least 4 members (excludes halogenated alkanes) is 23. The molecule has 0 aliphatic heterocycles. The molecule has 0 bridgehead atoms. The molecule has 3 unspecified atom stereocenters. The highest BCUT2D eigenvalue weighted by Crippen LogP contribution is 2.43. The Morgan fingerprint density at radius 1 is 0.647 bits per heavy atom. The fraction of sp³-hybridized carbons (Fsp3) is 0.881. The summed E-state index contributed by atoms with van der Waals surface area (Å²) in [6, 6.07) is -0.856. The Kier molecular flexibility index (Phi) is 34.0. The summed E-state index contributed by atoms with van der Waals surface area (Å²) >= 11 is 0. The summed E-state index contributed by atoms with van der Waals surface area (Å²) in [5.74, 6) is -0.187. The van der Waals surface area contributed by atoms with Crippen molar-refractivity contribution in [3.63, 3.8) is 0 Å². The molecule has 0 aliphatic rings. The topological polar surface area (TPSA) is 105 Å². The minimum atomic E-state index is -4.34. The van der Waals surface area contributed by atoms with Crippen molar-refractivity contribution in [1.29, 1.82) is 0 Å². The Morgan fingerprint density at radius 3 is 1.57 bits per heavy atom. The Labute approximate surface area is 315 Å². The average molecular weight is 744 g/mol. The smallest absolute Gasteiger partial charge is 0.387 e. The standard InChI is InChI=1S/C42H83N2O6P/c1-6-8-10-12-14-16-18-20-21-22-24-26-28-30-32-34-36-42(46)43-40(39-50-51(47,48)49-38-37-44(3,4)5)41(45)35-33-31-29-27-25-23-19-17-15-13-11-9-7-2/h25,27,33,35,40-41,45H,6-24,26,28-32,34,36-39H2,1-5H3,(H-,43,46,47,48)/p+1/b27-25+,35-33+. The van der Waals surface area contributed by atoms with Gasteiger partial charge in [-0.05, 0) is 32.1 Å². The van der Waals surface area contributed by atoms with E-state index in [4.69, 9.17) is 9.05 Å². The van der Waals surface area contributed by atoms with Gasteiger partial charge in [-0.3, -0.25) is 13.8 Å². The minimum absolute atomic E-state index is 0.0580. The molecule has 9 heteroatoms. The highest BCUT2D eigenvalue weighted by atomic mass is 31.2. The molecule has 0 saturated heterocycles. The van der Waals surface area contributed by atoms with E-state index in [0.717, 1.165) is 38.5 Å². The van der Waals surface area contributed by atoms with E-state index in [0.29, 0.717) is 17.4 Å². The third kappa shape index (κ3) is 37.1. The number of phosphoric ester groups is 1. The van der Waals surface area contributed by atoms with Gasteiger partial charge in [-0.1, -0.05) is 173 Å². The van der Waals surface area contributed by atoms with E-state index >= 15 is 0 Å². The molecule has 0 radical (unpaired) electrons. The van der Waals surface area contributed by atoms with Crippen LogP contribution >= 0.6 is 7.82 Å². The molecule has 0 fully saturated rings. The summed E-state index contributed by atoms with van der Waals surface area (Å²) in [6.45, 7) is 4.78. The second kappa shape index (κ2) is 34.7. The molecule has 0 rings (SSSR count). The molecule has 8 nitrogen and oxygen atoms in total. The molecule has 0 saturated carbocycles. The van der Waals surface area contributed by atoms with Crippen LogP contribution < -0.4 is 5.32 Å². The number of amides is 1. The van der Waals surface area contributed by atoms with Gasteiger partial charge in [-0.2, -0.15) is 0 Å². The molecule has 0 aliphatic carbocycles. The first-order valence-electron chi connectivity index (χ1n) is 21.2. The molecule has 0 aromatic carbocycles. The van der Waals surface area contributed by atoms with Gasteiger partial charge in [0.25, 0.3) is 0 Å². The van der Waals surface area contributed by atoms with Crippen molar-refractivity contribution in [1.82, 2.24) is 5.32 Å². The van der Waals surface area contributed by atoms with Crippen LogP contribution in [0.3, 0.4) is 0 Å². The summed E-state index contributed by atoms with van der Waals surface area (Å²) in [6.07, 6.45) is 39.6. The molecule has 302 valence electrons. The Bertz CT molecular complexity index is 891. The van der Waals surface area contributed by atoms with Crippen molar-refractivity contribution < 1.29 is 32.9 Å². The lowest BCUT2D eigenvalue weighted by Crippen LogP contribution is -2.45. The van der Waals surface area contributed by atoms with E-state index in [2.05, 4.69) is 31.3 Å². The fourth-order valence-corrected chi connectivity index (χ4v) is 6.73. The van der Waals surface area contributed by atoms with E-state index in [1.807, 2.05) is 27.2 Å². The summed E-state index contributed by atoms with van der Waals surface area (Å²) in [5.41, 5.74) is 0. The lowest BCUT2D eigenvalue weighted by Gasteiger charge is -2.25. The average Bonchev–Trinajstić information content (AvgIpc) is 3.07. The number of phosphoric acid groups is 1. The Morgan fingerprint density at radius 2 is 1.08 bits per heavy atom. The van der Waals surface area contributed by atoms with Gasteiger partial charge in [0.15, 0.2) is 0 Å². The first kappa shape index (κ1) is 50.0. The summed E-state index contributed by atoms with van der Waals surface area (Å²) in [4.78, 5) is 23.0. The maximum absolute atomic E-state index is 12.8. The van der Waals surface area contributed by atoms with Gasteiger partial charge < -0.3 is 19.8 Å². The van der Waals surface area contributed by atoms with Crippen molar-refractivity contribution in [2.45, 2.75) is 199 Å². The number of likely N-dealkylation sites (N-methyl/N-ethyl adjacent to an activating group) is 1. The van der Waals surface area contributed by atoms with Crippen LogP contribution in [0.2, 0.25) is 0 Å². The van der Waals surface area contributed by atoms with E-state index in [1.54, 1.807) is 6.08 Å². The number of carbonyl (C=O) groups excluding carboxylic acids is 1. The molecular formula is C42H84N2O6P+. The molecule has 0 aromatic rings. The maximum atomic E-state index is 12.8. The van der Waals surface area contributed by atoms with Crippen LogP contribution in [0, 0.1) is 0 Å². The first-order valence-corrected chi connectivity index (χ1v) is 22.7. The second-order valence-corrected chi connectivity index (χ2v) is 17.2. The molecule has 3 atom stereocenters. The van der Waals surface area contributed by atoms with Crippen molar-refractivity contribution >= 4 is 13.7 Å². The van der Waals surface area contributed by atoms with E-state index < -0.39 is 20.0 Å². The van der Waals surface area contributed by atoms with E-state index in [9.17, 15) is 19.4 Å². The fourth-order valence-electron chi connectivity index (χ4n) is 6.00. The highest BCUT2D eigenvalue weighted by molar-refractivity contribution is 7.47. The minimum Gasteiger partial charge on any atom is -0.387 e. The number of carbonyl (C=O) groups is 1. The van der Waals surface area contributed by atoms with Crippen LogP contribution in [0.15, 0.2) is 24.3 Å². The van der Waals surface area contributed by atoms with Gasteiger partial charge >= 0.3 is 7.82 Å². The number of allylic oxidation sites excluding steroid dienone is 3. The van der Waals surface area contributed by atoms with Crippen molar-refractivity contribution in [2.24, 2.45) is 0 Å². The van der Waals surface area contributed by atoms with Crippen LogP contribution in [0.4, 0.5) is 0 Å². The van der Waals surface area contributed by atoms with Crippen LogP contribution in [-0.2, 0) is 18.4 Å². The van der Waals surface area contributed by atoms with Crippen LogP contribution in [-0.4, -0.2) is 73.4 Å². The van der Waals surface area contributed by atoms with Gasteiger partial charge in [0.2, 0.25) is 5.91 Å². The normalized spacial score (nSPS) is 14.7. The van der Waals surface area contributed by atoms with Gasteiger partial charge in [0.1, 0.15) is 13.2 Å². The predicted octanol–water partition coefficient (Wildman–Crippen LogP) is 11.4. The monoisotopic (exact) mass is 744 g/mol. The maximum Gasteiger partial charge on any atom is 0.472 e. The lowest BCUT2D eigenvalue weighted by molar-refractivity contribution is -0.870. The molecule has 3 N–H and O–H groups in total. The van der Waals surface area contributed by atoms with Gasteiger partial charge in [0, 0.05) is 6.42 Å². The van der Waals surface area contributed by atoms with Gasteiger partial charge in [-0.25, -0.2) is 4.57 Å². The number of quaternary nitrogens is 1. The lowest BCUT2D eigenvalue weighted by atomic mass is 10.0. The largest absolute Gasteiger partial charge is 0.472 e. The zero-order valence-electron chi connectivity index (χ0n) is 34.1. The molecule has 1 amide bonds. The number of aliphatic hydroxyl groups excluding tert-OH is 1. The number of hydrogen-bond acceptors (Lipinski definition) is 5. The summed E-state index contributed by atoms with van der Waals surface area (Å²) in [7, 11) is 1.56. The molecule has 0 aromatic heterocycles. The number of aliphatic hydroxyl groups is 1. The third-order valence-corrected chi connectivity index (χ3v) is 10.4. The zero-order chi connectivity index (χ0) is 37.9. The van der Waals surface area contributed by atoms with Gasteiger partial charge in [-0.15, -0.1) is 0 Å². The molecule has 0 spiro atoms. The molecule has 51 heavy (non-hydrogen) atoms. The highest BCUT2D eigenvalue weighted by Gasteiger charge is 2.27. The van der Waals surface area contributed by atoms with Crippen molar-refractivity contribution in [3.05, 3.63) is 24.3 Å². The zero-order valence-corrected chi connectivity index (χ0v) is 35.0. The third-order valence-electron chi connectivity index (χ3n) is 9.42. The molecule has 0 heterocycles. The SMILES string of the molecule is CCCCCCCCC/C=C/CC/C=C/C(O)C(COP(=O)(O)OCC[N+](C)(C)C)NC(=O)CCCCCCCCCCCCCCCCCC. The van der Waals surface area contributed by atoms with Crippen LogP contribution in [0.5, 0.6) is 0 Å². The quantitative estimate of drug-likeness (QED) is 0.0252. The first-order chi connectivity index (χ1) is 24.5. The second-order valence-electron chi connectivity index (χ2n) is 15.7. The van der Waals surface area contributed by atoms with Gasteiger partial charge in [0.05, 0.1) is 39.9 Å². The Hall–Kier alpha value is -1.02. The number of nitrogens with one attached hydrogen (secondary N) is 1. The van der Waals surface area contributed by atoms with E-state index in [1.165, 1.54) is 128 Å². The van der Waals surface area contributed by atoms with Crippen molar-refractivity contribution in [2.75, 3.05) is 40.9 Å². The number of nitrogens with zero attached hydrogens (tertiary/aromatic N) is 1.